The highest BCUT2D eigenvalue weighted by molar-refractivity contribution is 7.21. The van der Waals surface area contributed by atoms with Gasteiger partial charge in [0.05, 0.1) is 34.3 Å². The predicted molar refractivity (Wildman–Crippen MR) is 144 cm³/mol. The van der Waals surface area contributed by atoms with Crippen molar-refractivity contribution < 1.29 is 13.9 Å². The highest BCUT2D eigenvalue weighted by atomic mass is 35.5. The minimum absolute atomic E-state index is 0.232. The molecule has 4 aromatic rings. The van der Waals surface area contributed by atoms with Gasteiger partial charge < -0.3 is 9.47 Å². The summed E-state index contributed by atoms with van der Waals surface area (Å²) in [6.45, 7) is 6.62. The van der Waals surface area contributed by atoms with Gasteiger partial charge in [0.2, 0.25) is 0 Å². The molecule has 0 aliphatic heterocycles. The van der Waals surface area contributed by atoms with Crippen LogP contribution in [0.3, 0.4) is 0 Å². The highest BCUT2D eigenvalue weighted by Crippen LogP contribution is 2.43. The number of methoxy groups -OCH3 is 1. The molecule has 0 aliphatic rings. The van der Waals surface area contributed by atoms with Crippen LogP contribution in [-0.4, -0.2) is 38.2 Å². The number of aliphatic imine (C=N–C) groups is 2. The number of nitrogens with zero attached hydrogens (tertiary/aromatic N) is 3. The number of aryl methyl sites for hydroxylation is 1. The van der Waals surface area contributed by atoms with E-state index in [1.165, 1.54) is 17.4 Å². The van der Waals surface area contributed by atoms with E-state index in [4.69, 9.17) is 26.1 Å². The standard InChI is InChI=1S/C27H25ClFN3O2S/c1-17-13-20(25(23(14-17)30-2)31-10-6-11-33-3)27-32-26-21(28)15-19(16-24(26)35-27)34-12-9-18-7-4-5-8-22(18)29/h4-5,7-8,10,13-16H,2,6,9,11-12H2,1,3H3. The van der Waals surface area contributed by atoms with Gasteiger partial charge >= 0.3 is 0 Å². The lowest BCUT2D eigenvalue weighted by atomic mass is 10.1. The predicted octanol–water partition coefficient (Wildman–Crippen LogP) is 7.76. The van der Waals surface area contributed by atoms with E-state index in [2.05, 4.69) is 16.7 Å². The quantitative estimate of drug-likeness (QED) is 0.162. The maximum atomic E-state index is 13.9. The Balaban J connectivity index is 1.64. The van der Waals surface area contributed by atoms with Crippen molar-refractivity contribution in [2.24, 2.45) is 9.98 Å². The summed E-state index contributed by atoms with van der Waals surface area (Å²) in [6, 6.07) is 14.3. The summed E-state index contributed by atoms with van der Waals surface area (Å²) in [4.78, 5) is 13.6. The number of rotatable bonds is 10. The number of hydrogen-bond acceptors (Lipinski definition) is 6. The molecule has 3 aromatic carbocycles. The Kier molecular flexibility index (Phi) is 8.23. The fourth-order valence-electron chi connectivity index (χ4n) is 3.65. The lowest BCUT2D eigenvalue weighted by molar-refractivity contribution is 0.208. The molecule has 0 bridgehead atoms. The maximum Gasteiger partial charge on any atom is 0.126 e. The van der Waals surface area contributed by atoms with Crippen LogP contribution >= 0.6 is 22.9 Å². The molecule has 0 aliphatic carbocycles. The second-order valence-electron chi connectivity index (χ2n) is 7.89. The van der Waals surface area contributed by atoms with Gasteiger partial charge in [-0.2, -0.15) is 0 Å². The molecular formula is C27H25ClFN3O2S. The molecule has 35 heavy (non-hydrogen) atoms. The second kappa shape index (κ2) is 11.5. The van der Waals surface area contributed by atoms with Crippen LogP contribution in [0.4, 0.5) is 15.8 Å². The van der Waals surface area contributed by atoms with E-state index in [0.717, 1.165) is 20.8 Å². The first-order valence-electron chi connectivity index (χ1n) is 11.1. The largest absolute Gasteiger partial charge is 0.493 e. The lowest BCUT2D eigenvalue weighted by Crippen LogP contribution is -2.02. The Morgan fingerprint density at radius 1 is 1.17 bits per heavy atom. The molecule has 0 spiro atoms. The van der Waals surface area contributed by atoms with Gasteiger partial charge in [-0.15, -0.1) is 11.3 Å². The third-order valence-corrected chi connectivity index (χ3v) is 6.65. The Morgan fingerprint density at radius 3 is 2.77 bits per heavy atom. The van der Waals surface area contributed by atoms with Gasteiger partial charge in [-0.05, 0) is 49.0 Å². The van der Waals surface area contributed by atoms with E-state index < -0.39 is 0 Å². The van der Waals surface area contributed by atoms with Crippen molar-refractivity contribution in [3.05, 3.63) is 70.5 Å². The van der Waals surface area contributed by atoms with E-state index in [0.29, 0.717) is 59.3 Å². The molecule has 1 heterocycles. The van der Waals surface area contributed by atoms with Crippen molar-refractivity contribution >= 4 is 57.5 Å². The molecule has 1 aromatic heterocycles. The average Bonchev–Trinajstić information content (AvgIpc) is 3.28. The van der Waals surface area contributed by atoms with E-state index >= 15 is 0 Å². The van der Waals surface area contributed by atoms with Crippen LogP contribution in [0.5, 0.6) is 5.75 Å². The smallest absolute Gasteiger partial charge is 0.126 e. The van der Waals surface area contributed by atoms with Crippen molar-refractivity contribution in [3.63, 3.8) is 0 Å². The molecule has 0 amide bonds. The van der Waals surface area contributed by atoms with E-state index in [-0.39, 0.29) is 5.82 Å². The Bertz CT molecular complexity index is 1390. The first-order valence-corrected chi connectivity index (χ1v) is 12.3. The van der Waals surface area contributed by atoms with Gasteiger partial charge in [-0.1, -0.05) is 29.8 Å². The normalized spacial score (nSPS) is 11.4. The number of benzene rings is 3. The molecule has 0 saturated heterocycles. The second-order valence-corrected chi connectivity index (χ2v) is 9.33. The van der Waals surface area contributed by atoms with Gasteiger partial charge in [0.1, 0.15) is 22.1 Å². The summed E-state index contributed by atoms with van der Waals surface area (Å²) in [7, 11) is 1.66. The first-order chi connectivity index (χ1) is 17.0. The molecule has 8 heteroatoms. The summed E-state index contributed by atoms with van der Waals surface area (Å²) in [5.41, 5.74) is 4.59. The van der Waals surface area contributed by atoms with E-state index in [1.54, 1.807) is 25.3 Å². The monoisotopic (exact) mass is 509 g/mol. The summed E-state index contributed by atoms with van der Waals surface area (Å²) >= 11 is 8.06. The number of fused-ring (bicyclic) bond motifs is 1. The van der Waals surface area contributed by atoms with Crippen LogP contribution in [0.2, 0.25) is 5.02 Å². The minimum Gasteiger partial charge on any atom is -0.493 e. The summed E-state index contributed by atoms with van der Waals surface area (Å²) in [6.07, 6.45) is 2.95. The maximum absolute atomic E-state index is 13.9. The molecule has 5 nitrogen and oxygen atoms in total. The summed E-state index contributed by atoms with van der Waals surface area (Å²) < 4.78 is 25.8. The van der Waals surface area contributed by atoms with Gasteiger partial charge in [-0.25, -0.2) is 9.37 Å². The van der Waals surface area contributed by atoms with Crippen molar-refractivity contribution in [1.29, 1.82) is 0 Å². The van der Waals surface area contributed by atoms with Gasteiger partial charge in [-0.3, -0.25) is 9.98 Å². The van der Waals surface area contributed by atoms with Gasteiger partial charge in [0.15, 0.2) is 0 Å². The van der Waals surface area contributed by atoms with E-state index in [9.17, 15) is 4.39 Å². The SMILES string of the molecule is C=Nc1cc(C)cc(-c2nc3c(Cl)cc(OCCc4ccccc4F)cc3s2)c1N=CCCOC. The van der Waals surface area contributed by atoms with Crippen LogP contribution in [0.15, 0.2) is 58.5 Å². The zero-order valence-corrected chi connectivity index (χ0v) is 21.1. The zero-order chi connectivity index (χ0) is 24.8. The van der Waals surface area contributed by atoms with Crippen molar-refractivity contribution in [1.82, 2.24) is 4.98 Å². The fraction of sp³-hybridized carbons (Fsp3) is 0.222. The Morgan fingerprint density at radius 2 is 2.00 bits per heavy atom. The topological polar surface area (TPSA) is 56.1 Å². The Labute approximate surface area is 212 Å². The zero-order valence-electron chi connectivity index (χ0n) is 19.6. The minimum atomic E-state index is -0.232. The van der Waals surface area contributed by atoms with Crippen molar-refractivity contribution in [3.8, 4) is 16.3 Å². The Hall–Kier alpha value is -3.13. The number of aromatic nitrogens is 1. The van der Waals surface area contributed by atoms with Crippen molar-refractivity contribution in [2.45, 2.75) is 19.8 Å². The molecule has 0 radical (unpaired) electrons. The molecule has 0 saturated carbocycles. The third kappa shape index (κ3) is 5.93. The highest BCUT2D eigenvalue weighted by Gasteiger charge is 2.17. The fourth-order valence-corrected chi connectivity index (χ4v) is 4.99. The molecule has 180 valence electrons. The number of thiazole rings is 1. The number of hydrogen-bond donors (Lipinski definition) is 0. The molecule has 0 unspecified atom stereocenters. The number of ether oxygens (including phenoxy) is 2. The van der Waals surface area contributed by atoms with Crippen LogP contribution in [0.25, 0.3) is 20.8 Å². The molecule has 0 atom stereocenters. The van der Waals surface area contributed by atoms with Crippen LogP contribution in [-0.2, 0) is 11.2 Å². The van der Waals surface area contributed by atoms with Gasteiger partial charge in [0, 0.05) is 37.8 Å². The number of halogens is 2. The lowest BCUT2D eigenvalue weighted by Gasteiger charge is -2.08. The molecule has 4 rings (SSSR count). The van der Waals surface area contributed by atoms with Crippen LogP contribution in [0.1, 0.15) is 17.5 Å². The van der Waals surface area contributed by atoms with Crippen LogP contribution < -0.4 is 4.74 Å². The first kappa shape index (κ1) is 25.0. The molecular weight excluding hydrogens is 485 g/mol. The summed E-state index contributed by atoms with van der Waals surface area (Å²) in [5.74, 6) is 0.383. The molecule has 0 fully saturated rings. The molecule has 0 N–H and O–H groups in total. The van der Waals surface area contributed by atoms with Gasteiger partial charge in [0.25, 0.3) is 0 Å². The van der Waals surface area contributed by atoms with E-state index in [1.807, 2.05) is 37.4 Å². The van der Waals surface area contributed by atoms with Crippen molar-refractivity contribution in [2.75, 3.05) is 20.3 Å². The summed E-state index contributed by atoms with van der Waals surface area (Å²) in [5, 5.41) is 1.27. The third-order valence-electron chi connectivity index (χ3n) is 5.33. The average molecular weight is 510 g/mol. The van der Waals surface area contributed by atoms with Crippen LogP contribution in [0, 0.1) is 12.7 Å².